The number of nitrogens with zero attached hydrogens (tertiary/aromatic N) is 1. The molecule has 0 bridgehead atoms. The highest BCUT2D eigenvalue weighted by atomic mass is 32.1. The molecule has 450 valence electrons. The lowest BCUT2D eigenvalue weighted by atomic mass is 10.1. The molecule has 29 nitrogen and oxygen atoms in total. The molecule has 8 amide bonds. The molecule has 0 heterocycles. The Morgan fingerprint density at radius 2 is 0.734 bits per heavy atom. The Morgan fingerprint density at radius 3 is 1.19 bits per heavy atom. The van der Waals surface area contributed by atoms with Gasteiger partial charge in [-0.3, -0.25) is 48.1 Å². The summed E-state index contributed by atoms with van der Waals surface area (Å²) in [6, 6.07) is -8.60. The summed E-state index contributed by atoms with van der Waals surface area (Å²) in [6.07, 6.45) is 0.0863. The number of carboxylic acids is 6. The number of rotatable bonds is 49. The second kappa shape index (κ2) is 44.4. The molecule has 0 aliphatic heterocycles. The fourth-order valence-corrected chi connectivity index (χ4v) is 7.81. The topological polar surface area (TPSA) is 455 Å². The molecule has 0 saturated carbocycles. The van der Waals surface area contributed by atoms with Crippen LogP contribution in [0.5, 0.6) is 0 Å². The van der Waals surface area contributed by atoms with Crippen LogP contribution < -0.4 is 47.9 Å². The van der Waals surface area contributed by atoms with Crippen molar-refractivity contribution in [1.29, 1.82) is 0 Å². The van der Waals surface area contributed by atoms with E-state index in [0.717, 1.165) is 13.1 Å². The molecule has 0 fully saturated rings. The van der Waals surface area contributed by atoms with Crippen molar-refractivity contribution in [3.8, 4) is 0 Å². The van der Waals surface area contributed by atoms with Crippen LogP contribution in [-0.4, -0.2) is 207 Å². The third-order valence-electron chi connectivity index (χ3n) is 11.7. The van der Waals surface area contributed by atoms with Crippen LogP contribution >= 0.6 is 25.3 Å². The van der Waals surface area contributed by atoms with Crippen LogP contribution in [0.2, 0.25) is 0 Å². The summed E-state index contributed by atoms with van der Waals surface area (Å²) in [5.74, 6) is -10.7. The van der Waals surface area contributed by atoms with Crippen LogP contribution in [0.4, 0.5) is 4.79 Å². The van der Waals surface area contributed by atoms with E-state index in [1.165, 1.54) is 0 Å². The van der Waals surface area contributed by atoms with Crippen LogP contribution in [0, 0.1) is 0 Å². The minimum atomic E-state index is -1.61. The maximum absolute atomic E-state index is 13.4. The lowest BCUT2D eigenvalue weighted by molar-refractivity contribution is -0.143. The van der Waals surface area contributed by atoms with Gasteiger partial charge in [0, 0.05) is 109 Å². The molecule has 0 aromatic carbocycles. The van der Waals surface area contributed by atoms with Crippen molar-refractivity contribution in [3.63, 3.8) is 0 Å². The SMILES string of the molecule is O=C(O)CCC(NC(=O)CCC(=O)NCCN(CCS)CCNCCS)C(=O)NC(CCC(=O)O)C(=O)N[C@H](CCCCNC(=O)CCCCCCC(=O)NCCCC[C@H](NC(=O)N[C@@H](CCC(=O)O)C(=O)O)C(=O)O)C(=O)O. The fourth-order valence-electron chi connectivity index (χ4n) is 7.37. The monoisotopic (exact) mass is 1170 g/mol. The predicted octanol–water partition coefficient (Wildman–Crippen LogP) is -1.11. The summed E-state index contributed by atoms with van der Waals surface area (Å²) in [5.41, 5.74) is 0. The van der Waals surface area contributed by atoms with Gasteiger partial charge in [0.05, 0.1) is 0 Å². The van der Waals surface area contributed by atoms with Crippen LogP contribution in [0.3, 0.4) is 0 Å². The number of nitrogens with one attached hydrogen (secondary N) is 9. The highest BCUT2D eigenvalue weighted by molar-refractivity contribution is 7.80. The molecule has 31 heteroatoms. The first-order chi connectivity index (χ1) is 37.5. The third-order valence-corrected chi connectivity index (χ3v) is 12.2. The molecule has 0 aliphatic carbocycles. The average Bonchev–Trinajstić information content (AvgIpc) is 3.37. The lowest BCUT2D eigenvalue weighted by Gasteiger charge is -2.24. The zero-order valence-corrected chi connectivity index (χ0v) is 46.2. The van der Waals surface area contributed by atoms with Gasteiger partial charge in [-0.05, 0) is 70.6 Å². The molecule has 0 saturated heterocycles. The highest BCUT2D eigenvalue weighted by Gasteiger charge is 2.31. The molecule has 0 aromatic heterocycles. The van der Waals surface area contributed by atoms with Crippen molar-refractivity contribution in [2.45, 2.75) is 159 Å². The minimum absolute atomic E-state index is 0.0251. The summed E-state index contributed by atoms with van der Waals surface area (Å²) in [6.45, 7) is 4.09. The van der Waals surface area contributed by atoms with Crippen molar-refractivity contribution in [2.24, 2.45) is 0 Å². The van der Waals surface area contributed by atoms with E-state index in [2.05, 4.69) is 72.7 Å². The molecular formula is C48H82N10O19S2. The quantitative estimate of drug-likeness (QED) is 0.0254. The molecular weight excluding hydrogens is 1080 g/mol. The summed E-state index contributed by atoms with van der Waals surface area (Å²) in [4.78, 5) is 160. The van der Waals surface area contributed by atoms with Gasteiger partial charge in [-0.25, -0.2) is 19.2 Å². The summed E-state index contributed by atoms with van der Waals surface area (Å²) in [5, 5.41) is 78.4. The molecule has 0 spiro atoms. The number of unbranched alkanes of at least 4 members (excludes halogenated alkanes) is 5. The number of hydrogen-bond donors (Lipinski definition) is 17. The first-order valence-corrected chi connectivity index (χ1v) is 27.5. The molecule has 0 radical (unpaired) electrons. The average molecular weight is 1170 g/mol. The summed E-state index contributed by atoms with van der Waals surface area (Å²) >= 11 is 8.43. The van der Waals surface area contributed by atoms with Gasteiger partial charge in [-0.2, -0.15) is 25.3 Å². The van der Waals surface area contributed by atoms with Gasteiger partial charge in [0.2, 0.25) is 35.4 Å². The number of thiol groups is 2. The van der Waals surface area contributed by atoms with Gasteiger partial charge in [0.1, 0.15) is 30.2 Å². The van der Waals surface area contributed by atoms with Gasteiger partial charge in [0.15, 0.2) is 0 Å². The Hall–Kier alpha value is -6.47. The van der Waals surface area contributed by atoms with Crippen molar-refractivity contribution in [1.82, 2.24) is 52.8 Å². The van der Waals surface area contributed by atoms with E-state index >= 15 is 0 Å². The maximum atomic E-state index is 13.4. The Morgan fingerprint density at radius 1 is 0.342 bits per heavy atom. The minimum Gasteiger partial charge on any atom is -0.481 e. The van der Waals surface area contributed by atoms with E-state index in [1.54, 1.807) is 0 Å². The first kappa shape index (κ1) is 72.5. The number of carbonyl (C=O) groups excluding carboxylic acids is 7. The largest absolute Gasteiger partial charge is 0.481 e. The number of hydrogen-bond acceptors (Lipinski definition) is 17. The second-order valence-corrected chi connectivity index (χ2v) is 19.2. The lowest BCUT2D eigenvalue weighted by Crippen LogP contribution is -2.56. The van der Waals surface area contributed by atoms with E-state index in [4.69, 9.17) is 5.11 Å². The highest BCUT2D eigenvalue weighted by Crippen LogP contribution is 2.10. The van der Waals surface area contributed by atoms with Crippen LogP contribution in [0.25, 0.3) is 0 Å². The standard InChI is InChI=1S/C48H82N10O19S2/c59-36(11-3-1-2-4-12-37(60)51-22-8-6-10-34(46(73)74)56-48(77)57-35(47(75)76)15-20-42(67)68)50-21-7-5-9-33(45(71)72)55-44(70)32(14-19-41(65)66)54-43(69)31(13-18-40(63)64)53-39(62)17-16-38(61)52-24-27-58(28-30-79)26-23-49-25-29-78/h31-35,49,78-79H,1-30H2,(H,50,59)(H,51,60)(H,52,61)(H,53,62)(H,54,69)(H,55,70)(H,63,64)(H,65,66)(H,67,68)(H,71,72)(H,73,74)(H,75,76)(H2,56,57,77)/t31?,32?,33-,34+,35+/m1/s1. The Labute approximate surface area is 469 Å². The van der Waals surface area contributed by atoms with Gasteiger partial charge in [-0.1, -0.05) is 12.8 Å². The van der Waals surface area contributed by atoms with Gasteiger partial charge in [0.25, 0.3) is 0 Å². The van der Waals surface area contributed by atoms with Gasteiger partial charge >= 0.3 is 41.8 Å². The van der Waals surface area contributed by atoms with Crippen molar-refractivity contribution < 1.29 is 93.0 Å². The molecule has 79 heavy (non-hydrogen) atoms. The Balaban J connectivity index is 4.84. The van der Waals surface area contributed by atoms with Gasteiger partial charge < -0.3 is 78.5 Å². The van der Waals surface area contributed by atoms with Crippen LogP contribution in [-0.2, 0) is 57.5 Å². The molecule has 0 aliphatic rings. The van der Waals surface area contributed by atoms with Gasteiger partial charge in [-0.15, -0.1) is 0 Å². The normalized spacial score (nSPS) is 12.8. The van der Waals surface area contributed by atoms with E-state index in [9.17, 15) is 87.9 Å². The van der Waals surface area contributed by atoms with E-state index in [-0.39, 0.29) is 82.8 Å². The number of carboxylic acid groups (broad SMARTS) is 6. The number of carbonyl (C=O) groups is 13. The maximum Gasteiger partial charge on any atom is 0.326 e. The second-order valence-electron chi connectivity index (χ2n) is 18.3. The number of aliphatic carboxylic acids is 6. The van der Waals surface area contributed by atoms with Crippen LogP contribution in [0.1, 0.15) is 128 Å². The molecule has 0 aromatic rings. The summed E-state index contributed by atoms with van der Waals surface area (Å²) in [7, 11) is 0. The molecule has 15 N–H and O–H groups in total. The molecule has 5 atom stereocenters. The number of urea groups is 1. The zero-order valence-electron chi connectivity index (χ0n) is 44.4. The van der Waals surface area contributed by atoms with E-state index in [0.29, 0.717) is 69.7 Å². The fraction of sp³-hybridized carbons (Fsp3) is 0.729. The van der Waals surface area contributed by atoms with E-state index < -0.39 is 134 Å². The third kappa shape index (κ3) is 39.5. The smallest absolute Gasteiger partial charge is 0.326 e. The Kier molecular flexibility index (Phi) is 40.8. The van der Waals surface area contributed by atoms with Crippen LogP contribution in [0.15, 0.2) is 0 Å². The van der Waals surface area contributed by atoms with Crippen molar-refractivity contribution >= 4 is 103 Å². The summed E-state index contributed by atoms with van der Waals surface area (Å²) < 4.78 is 0. The first-order valence-electron chi connectivity index (χ1n) is 26.2. The van der Waals surface area contributed by atoms with Crippen molar-refractivity contribution in [3.05, 3.63) is 0 Å². The Bertz CT molecular complexity index is 1970. The molecule has 2 unspecified atom stereocenters. The molecule has 0 rings (SSSR count). The predicted molar refractivity (Wildman–Crippen MR) is 289 cm³/mol. The number of amides is 8. The van der Waals surface area contributed by atoms with Crippen molar-refractivity contribution in [2.75, 3.05) is 63.9 Å². The zero-order chi connectivity index (χ0) is 59.5. The van der Waals surface area contributed by atoms with E-state index in [1.807, 2.05) is 5.32 Å².